The lowest BCUT2D eigenvalue weighted by molar-refractivity contribution is 0.132. The van der Waals surface area contributed by atoms with Crippen LogP contribution in [0.15, 0.2) is 0 Å². The lowest BCUT2D eigenvalue weighted by atomic mass is 9.92. The van der Waals surface area contributed by atoms with Crippen LogP contribution in [-0.2, 0) is 0 Å². The highest BCUT2D eigenvalue weighted by Crippen LogP contribution is 2.20. The Hall–Kier alpha value is -0.0800. The highest BCUT2D eigenvalue weighted by atomic mass is 15.2. The van der Waals surface area contributed by atoms with Gasteiger partial charge in [0, 0.05) is 25.7 Å². The van der Waals surface area contributed by atoms with Crippen molar-refractivity contribution in [2.24, 2.45) is 11.8 Å². The van der Waals surface area contributed by atoms with E-state index in [4.69, 9.17) is 0 Å². The minimum atomic E-state index is 0.623. The molecule has 2 heteroatoms. The normalized spacial score (nSPS) is 33.2. The van der Waals surface area contributed by atoms with E-state index in [-0.39, 0.29) is 0 Å². The Morgan fingerprint density at radius 3 is 2.31 bits per heavy atom. The lowest BCUT2D eigenvalue weighted by Crippen LogP contribution is -2.44. The van der Waals surface area contributed by atoms with Gasteiger partial charge < -0.3 is 10.2 Å². The maximum Gasteiger partial charge on any atom is 0.0163 e. The Bertz CT molecular complexity index is 137. The summed E-state index contributed by atoms with van der Waals surface area (Å²) >= 11 is 0. The number of nitrogens with one attached hydrogen (secondary N) is 1. The first-order chi connectivity index (χ1) is 6.11. The van der Waals surface area contributed by atoms with E-state index in [1.807, 2.05) is 7.05 Å². The van der Waals surface area contributed by atoms with E-state index < -0.39 is 0 Å². The molecular weight excluding hydrogens is 160 g/mol. The summed E-state index contributed by atoms with van der Waals surface area (Å²) in [5.41, 5.74) is 0. The molecule has 78 valence electrons. The molecule has 13 heavy (non-hydrogen) atoms. The van der Waals surface area contributed by atoms with Crippen molar-refractivity contribution in [2.45, 2.75) is 33.2 Å². The molecule has 0 aromatic carbocycles. The van der Waals surface area contributed by atoms with Crippen LogP contribution >= 0.6 is 0 Å². The molecule has 3 unspecified atom stereocenters. The molecule has 0 spiro atoms. The standard InChI is InChI=1S/C11H24N2/c1-9-5-10(2)7-13(6-9)8-11(3)12-4/h9-12H,5-8H2,1-4H3. The van der Waals surface area contributed by atoms with Crippen LogP contribution in [0.25, 0.3) is 0 Å². The number of hydrogen-bond donors (Lipinski definition) is 1. The van der Waals surface area contributed by atoms with Crippen LogP contribution in [0.3, 0.4) is 0 Å². The van der Waals surface area contributed by atoms with Crippen molar-refractivity contribution in [3.05, 3.63) is 0 Å². The fraction of sp³-hybridized carbons (Fsp3) is 1.00. The molecule has 1 heterocycles. The molecule has 3 atom stereocenters. The van der Waals surface area contributed by atoms with Crippen LogP contribution in [-0.4, -0.2) is 37.6 Å². The van der Waals surface area contributed by atoms with Crippen molar-refractivity contribution in [3.8, 4) is 0 Å². The fourth-order valence-electron chi connectivity index (χ4n) is 2.42. The van der Waals surface area contributed by atoms with E-state index in [1.54, 1.807) is 0 Å². The topological polar surface area (TPSA) is 15.3 Å². The van der Waals surface area contributed by atoms with Gasteiger partial charge in [0.25, 0.3) is 0 Å². The molecular formula is C11H24N2. The summed E-state index contributed by atoms with van der Waals surface area (Å²) in [7, 11) is 2.04. The molecule has 0 saturated carbocycles. The molecule has 0 aromatic heterocycles. The first kappa shape index (κ1) is 11.0. The van der Waals surface area contributed by atoms with E-state index in [0.29, 0.717) is 6.04 Å². The maximum atomic E-state index is 3.30. The number of nitrogens with zero attached hydrogens (tertiary/aromatic N) is 1. The second kappa shape index (κ2) is 4.97. The molecule has 1 N–H and O–H groups in total. The van der Waals surface area contributed by atoms with Gasteiger partial charge in [0.15, 0.2) is 0 Å². The first-order valence-electron chi connectivity index (χ1n) is 5.51. The van der Waals surface area contributed by atoms with Crippen molar-refractivity contribution in [1.29, 1.82) is 0 Å². The molecule has 2 nitrogen and oxygen atoms in total. The highest BCUT2D eigenvalue weighted by Gasteiger charge is 2.22. The number of rotatable bonds is 3. The van der Waals surface area contributed by atoms with Crippen LogP contribution in [0.2, 0.25) is 0 Å². The second-order valence-electron chi connectivity index (χ2n) is 4.85. The number of piperidine rings is 1. The van der Waals surface area contributed by atoms with Crippen LogP contribution in [0, 0.1) is 11.8 Å². The largest absolute Gasteiger partial charge is 0.316 e. The summed E-state index contributed by atoms with van der Waals surface area (Å²) in [5.74, 6) is 1.76. The van der Waals surface area contributed by atoms with Crippen molar-refractivity contribution in [2.75, 3.05) is 26.7 Å². The van der Waals surface area contributed by atoms with Crippen LogP contribution in [0.5, 0.6) is 0 Å². The summed E-state index contributed by atoms with van der Waals surface area (Å²) in [5, 5.41) is 3.30. The van der Waals surface area contributed by atoms with Crippen LogP contribution in [0.1, 0.15) is 27.2 Å². The molecule has 1 aliphatic rings. The molecule has 1 aliphatic heterocycles. The molecule has 0 amide bonds. The summed E-state index contributed by atoms with van der Waals surface area (Å²) < 4.78 is 0. The van der Waals surface area contributed by atoms with Gasteiger partial charge in [0.2, 0.25) is 0 Å². The number of likely N-dealkylation sites (N-methyl/N-ethyl adjacent to an activating group) is 1. The summed E-state index contributed by atoms with van der Waals surface area (Å²) in [4.78, 5) is 2.60. The Kier molecular flexibility index (Phi) is 4.20. The zero-order valence-corrected chi connectivity index (χ0v) is 9.51. The highest BCUT2D eigenvalue weighted by molar-refractivity contribution is 4.76. The Morgan fingerprint density at radius 1 is 1.31 bits per heavy atom. The second-order valence-corrected chi connectivity index (χ2v) is 4.85. The molecule has 0 aliphatic carbocycles. The predicted molar refractivity (Wildman–Crippen MR) is 57.9 cm³/mol. The number of likely N-dealkylation sites (tertiary alicyclic amines) is 1. The average molecular weight is 184 g/mol. The van der Waals surface area contributed by atoms with Crippen LogP contribution in [0.4, 0.5) is 0 Å². The van der Waals surface area contributed by atoms with Gasteiger partial charge in [-0.15, -0.1) is 0 Å². The van der Waals surface area contributed by atoms with Crippen molar-refractivity contribution in [3.63, 3.8) is 0 Å². The number of hydrogen-bond acceptors (Lipinski definition) is 2. The smallest absolute Gasteiger partial charge is 0.0163 e. The Balaban J connectivity index is 2.32. The summed E-state index contributed by atoms with van der Waals surface area (Å²) in [6.07, 6.45) is 1.41. The molecule has 0 bridgehead atoms. The van der Waals surface area contributed by atoms with Crippen molar-refractivity contribution < 1.29 is 0 Å². The third-order valence-electron chi connectivity index (χ3n) is 2.97. The Morgan fingerprint density at radius 2 is 1.85 bits per heavy atom. The summed E-state index contributed by atoms with van der Waals surface area (Å²) in [6.45, 7) is 10.8. The third-order valence-corrected chi connectivity index (χ3v) is 2.97. The minimum Gasteiger partial charge on any atom is -0.316 e. The Labute approximate surface area is 82.7 Å². The summed E-state index contributed by atoms with van der Waals surface area (Å²) in [6, 6.07) is 0.623. The quantitative estimate of drug-likeness (QED) is 0.716. The van der Waals surface area contributed by atoms with Gasteiger partial charge in [-0.3, -0.25) is 0 Å². The van der Waals surface area contributed by atoms with Gasteiger partial charge in [-0.1, -0.05) is 13.8 Å². The van der Waals surface area contributed by atoms with Crippen LogP contribution < -0.4 is 5.32 Å². The van der Waals surface area contributed by atoms with E-state index in [1.165, 1.54) is 26.1 Å². The fourth-order valence-corrected chi connectivity index (χ4v) is 2.42. The molecule has 0 aromatic rings. The molecule has 1 rings (SSSR count). The van der Waals surface area contributed by atoms with E-state index in [0.717, 1.165) is 11.8 Å². The van der Waals surface area contributed by atoms with Gasteiger partial charge in [0.05, 0.1) is 0 Å². The SMILES string of the molecule is CNC(C)CN1CC(C)CC(C)C1. The van der Waals surface area contributed by atoms with Gasteiger partial charge in [-0.25, -0.2) is 0 Å². The zero-order valence-electron chi connectivity index (χ0n) is 9.51. The third kappa shape index (κ3) is 3.65. The zero-order chi connectivity index (χ0) is 9.84. The monoisotopic (exact) mass is 184 g/mol. The minimum absolute atomic E-state index is 0.623. The van der Waals surface area contributed by atoms with Gasteiger partial charge >= 0.3 is 0 Å². The molecule has 0 radical (unpaired) electrons. The van der Waals surface area contributed by atoms with Gasteiger partial charge in [-0.05, 0) is 32.2 Å². The van der Waals surface area contributed by atoms with E-state index in [2.05, 4.69) is 31.0 Å². The van der Waals surface area contributed by atoms with Gasteiger partial charge in [0.1, 0.15) is 0 Å². The predicted octanol–water partition coefficient (Wildman–Crippen LogP) is 1.57. The maximum absolute atomic E-state index is 3.30. The van der Waals surface area contributed by atoms with Crippen molar-refractivity contribution in [1.82, 2.24) is 10.2 Å². The van der Waals surface area contributed by atoms with E-state index >= 15 is 0 Å². The average Bonchev–Trinajstić information content (AvgIpc) is 2.02. The molecule has 1 saturated heterocycles. The van der Waals surface area contributed by atoms with Gasteiger partial charge in [-0.2, -0.15) is 0 Å². The molecule has 1 fully saturated rings. The lowest BCUT2D eigenvalue weighted by Gasteiger charge is -2.36. The first-order valence-corrected chi connectivity index (χ1v) is 5.51. The van der Waals surface area contributed by atoms with Crippen molar-refractivity contribution >= 4 is 0 Å². The van der Waals surface area contributed by atoms with E-state index in [9.17, 15) is 0 Å².